The lowest BCUT2D eigenvalue weighted by molar-refractivity contribution is -0.145. The lowest BCUT2D eigenvalue weighted by Crippen LogP contribution is -2.33. The van der Waals surface area contributed by atoms with Crippen LogP contribution in [-0.2, 0) is 28.6 Å². The predicted molar refractivity (Wildman–Crippen MR) is 58.2 cm³/mol. The first-order chi connectivity index (χ1) is 8.54. The van der Waals surface area contributed by atoms with Gasteiger partial charge in [0.05, 0.1) is 14.2 Å². The lowest BCUT2D eigenvalue weighted by atomic mass is 9.89. The number of ketones is 1. The molecule has 0 amide bonds. The van der Waals surface area contributed by atoms with E-state index in [1.54, 1.807) is 0 Å². The predicted octanol–water partition coefficient (Wildman–Crippen LogP) is 0.0506. The number of carbonyl (C=O) groups excluding carboxylic acids is 3. The summed E-state index contributed by atoms with van der Waals surface area (Å²) in [6, 6.07) is 0. The molecule has 0 fully saturated rings. The molecule has 94 valence electrons. The molecule has 0 saturated carbocycles. The molecule has 18 heavy (non-hydrogen) atoms. The van der Waals surface area contributed by atoms with Crippen molar-refractivity contribution in [1.82, 2.24) is 0 Å². The average Bonchev–Trinajstić information content (AvgIpc) is 2.64. The van der Waals surface area contributed by atoms with Crippen LogP contribution in [0.25, 0.3) is 0 Å². The quantitative estimate of drug-likeness (QED) is 0.644. The van der Waals surface area contributed by atoms with Crippen molar-refractivity contribution in [1.29, 1.82) is 0 Å². The fourth-order valence-corrected chi connectivity index (χ4v) is 1.83. The zero-order valence-corrected chi connectivity index (χ0v) is 9.76. The van der Waals surface area contributed by atoms with Gasteiger partial charge in [0.2, 0.25) is 5.76 Å². The molecule has 0 bridgehead atoms. The SMILES string of the molecule is COC(=O)C1=C(OC)C(=O)OC12C=CC(=O)C=C2. The van der Waals surface area contributed by atoms with Crippen LogP contribution in [0.3, 0.4) is 0 Å². The summed E-state index contributed by atoms with van der Waals surface area (Å²) in [5.74, 6) is -2.00. The van der Waals surface area contributed by atoms with Crippen molar-refractivity contribution >= 4 is 17.7 Å². The van der Waals surface area contributed by atoms with E-state index >= 15 is 0 Å². The van der Waals surface area contributed by atoms with Gasteiger partial charge in [-0.1, -0.05) is 0 Å². The van der Waals surface area contributed by atoms with Crippen LogP contribution in [0.2, 0.25) is 0 Å². The summed E-state index contributed by atoms with van der Waals surface area (Å²) in [5, 5.41) is 0. The summed E-state index contributed by atoms with van der Waals surface area (Å²) in [7, 11) is 2.43. The third-order valence-electron chi connectivity index (χ3n) is 2.65. The van der Waals surface area contributed by atoms with E-state index in [9.17, 15) is 14.4 Å². The molecule has 0 aromatic heterocycles. The fraction of sp³-hybridized carbons (Fsp3) is 0.250. The second kappa shape index (κ2) is 4.14. The van der Waals surface area contributed by atoms with Gasteiger partial charge in [-0.3, -0.25) is 4.79 Å². The van der Waals surface area contributed by atoms with E-state index in [-0.39, 0.29) is 17.1 Å². The van der Waals surface area contributed by atoms with Crippen molar-refractivity contribution in [3.8, 4) is 0 Å². The van der Waals surface area contributed by atoms with Gasteiger partial charge >= 0.3 is 11.9 Å². The second-order valence-electron chi connectivity index (χ2n) is 3.65. The molecule has 1 aliphatic heterocycles. The molecule has 0 saturated heterocycles. The molecule has 0 aromatic rings. The van der Waals surface area contributed by atoms with Crippen molar-refractivity contribution in [3.63, 3.8) is 0 Å². The average molecular weight is 250 g/mol. The Balaban J connectivity index is 2.57. The minimum atomic E-state index is -1.41. The number of allylic oxidation sites excluding steroid dienone is 2. The van der Waals surface area contributed by atoms with Gasteiger partial charge in [0.25, 0.3) is 0 Å². The number of esters is 2. The fourth-order valence-electron chi connectivity index (χ4n) is 1.83. The van der Waals surface area contributed by atoms with E-state index in [4.69, 9.17) is 9.47 Å². The van der Waals surface area contributed by atoms with Crippen LogP contribution in [0.5, 0.6) is 0 Å². The number of hydrogen-bond donors (Lipinski definition) is 0. The molecular weight excluding hydrogens is 240 g/mol. The third kappa shape index (κ3) is 1.62. The molecule has 1 heterocycles. The van der Waals surface area contributed by atoms with Gasteiger partial charge in [-0.2, -0.15) is 0 Å². The zero-order valence-electron chi connectivity index (χ0n) is 9.76. The van der Waals surface area contributed by atoms with Gasteiger partial charge in [0.1, 0.15) is 5.57 Å². The first-order valence-electron chi connectivity index (χ1n) is 5.07. The first-order valence-corrected chi connectivity index (χ1v) is 5.07. The highest BCUT2D eigenvalue weighted by atomic mass is 16.6. The Morgan fingerprint density at radius 1 is 1.22 bits per heavy atom. The molecule has 0 radical (unpaired) electrons. The largest absolute Gasteiger partial charge is 0.489 e. The summed E-state index contributed by atoms with van der Waals surface area (Å²) in [4.78, 5) is 34.5. The van der Waals surface area contributed by atoms with Crippen LogP contribution in [0.1, 0.15) is 0 Å². The number of rotatable bonds is 2. The van der Waals surface area contributed by atoms with Crippen molar-refractivity contribution in [2.75, 3.05) is 14.2 Å². The highest BCUT2D eigenvalue weighted by Crippen LogP contribution is 2.37. The summed E-state index contributed by atoms with van der Waals surface area (Å²) in [5.41, 5.74) is -1.49. The Bertz CT molecular complexity index is 507. The van der Waals surface area contributed by atoms with Gasteiger partial charge in [0, 0.05) is 0 Å². The van der Waals surface area contributed by atoms with Crippen LogP contribution in [0.4, 0.5) is 0 Å². The van der Waals surface area contributed by atoms with Crippen LogP contribution in [0.15, 0.2) is 35.6 Å². The van der Waals surface area contributed by atoms with Gasteiger partial charge in [0.15, 0.2) is 11.4 Å². The first kappa shape index (κ1) is 12.1. The Kier molecular flexibility index (Phi) is 2.78. The highest BCUT2D eigenvalue weighted by molar-refractivity contribution is 6.08. The molecule has 0 atom stereocenters. The van der Waals surface area contributed by atoms with Crippen LogP contribution < -0.4 is 0 Å². The Morgan fingerprint density at radius 3 is 2.33 bits per heavy atom. The van der Waals surface area contributed by atoms with Crippen molar-refractivity contribution in [3.05, 3.63) is 35.6 Å². The smallest absolute Gasteiger partial charge is 0.375 e. The van der Waals surface area contributed by atoms with Crippen molar-refractivity contribution in [2.45, 2.75) is 5.60 Å². The number of hydrogen-bond acceptors (Lipinski definition) is 6. The molecular formula is C12H10O6. The van der Waals surface area contributed by atoms with Gasteiger partial charge in [-0.15, -0.1) is 0 Å². The monoisotopic (exact) mass is 250 g/mol. The maximum atomic E-state index is 11.7. The third-order valence-corrected chi connectivity index (χ3v) is 2.65. The minimum absolute atomic E-state index is 0.0718. The van der Waals surface area contributed by atoms with Crippen LogP contribution in [0, 0.1) is 0 Å². The molecule has 0 N–H and O–H groups in total. The summed E-state index contributed by atoms with van der Waals surface area (Å²) in [6.07, 6.45) is 5.08. The lowest BCUT2D eigenvalue weighted by Gasteiger charge is -2.23. The molecule has 6 heteroatoms. The van der Waals surface area contributed by atoms with E-state index in [1.165, 1.54) is 38.5 Å². The van der Waals surface area contributed by atoms with Crippen molar-refractivity contribution < 1.29 is 28.6 Å². The summed E-state index contributed by atoms with van der Waals surface area (Å²) in [6.45, 7) is 0. The van der Waals surface area contributed by atoms with E-state index in [0.717, 1.165) is 0 Å². The van der Waals surface area contributed by atoms with Crippen LogP contribution in [-0.4, -0.2) is 37.5 Å². The number of methoxy groups -OCH3 is 2. The van der Waals surface area contributed by atoms with E-state index in [1.807, 2.05) is 0 Å². The maximum Gasteiger partial charge on any atom is 0.375 e. The molecule has 0 unspecified atom stereocenters. The Hall–Kier alpha value is -2.37. The Morgan fingerprint density at radius 2 is 1.83 bits per heavy atom. The number of ether oxygens (including phenoxy) is 3. The summed E-state index contributed by atoms with van der Waals surface area (Å²) >= 11 is 0. The molecule has 1 aliphatic carbocycles. The van der Waals surface area contributed by atoms with Gasteiger partial charge in [-0.25, -0.2) is 9.59 Å². The standard InChI is InChI=1S/C12H10O6/c1-16-9-8(10(14)17-2)12(18-11(9)15)5-3-7(13)4-6-12/h3-6H,1-2H3. The second-order valence-corrected chi connectivity index (χ2v) is 3.65. The van der Waals surface area contributed by atoms with E-state index in [2.05, 4.69) is 4.74 Å². The van der Waals surface area contributed by atoms with Crippen molar-refractivity contribution in [2.24, 2.45) is 0 Å². The molecule has 0 aromatic carbocycles. The molecule has 2 rings (SSSR count). The molecule has 1 spiro atoms. The van der Waals surface area contributed by atoms with Gasteiger partial charge in [-0.05, 0) is 24.3 Å². The highest BCUT2D eigenvalue weighted by Gasteiger charge is 2.50. The Labute approximate surface area is 102 Å². The normalized spacial score (nSPS) is 20.3. The van der Waals surface area contributed by atoms with E-state index < -0.39 is 17.5 Å². The topological polar surface area (TPSA) is 78.9 Å². The van der Waals surface area contributed by atoms with E-state index in [0.29, 0.717) is 0 Å². The molecule has 6 nitrogen and oxygen atoms in total. The van der Waals surface area contributed by atoms with Gasteiger partial charge < -0.3 is 14.2 Å². The maximum absolute atomic E-state index is 11.7. The van der Waals surface area contributed by atoms with Crippen LogP contribution >= 0.6 is 0 Å². The summed E-state index contributed by atoms with van der Waals surface area (Å²) < 4.78 is 14.6. The number of carbonyl (C=O) groups is 3. The minimum Gasteiger partial charge on any atom is -0.489 e. The molecule has 2 aliphatic rings. The zero-order chi connectivity index (χ0) is 13.3.